The summed E-state index contributed by atoms with van der Waals surface area (Å²) < 4.78 is 30.3. The first-order valence-electron chi connectivity index (χ1n) is 5.39. The summed E-state index contributed by atoms with van der Waals surface area (Å²) in [7, 11) is 1.25. The molecule has 0 radical (unpaired) electrons. The maximum atomic E-state index is 12.8. The van der Waals surface area contributed by atoms with Gasteiger partial charge in [-0.3, -0.25) is 0 Å². The van der Waals surface area contributed by atoms with Gasteiger partial charge in [0, 0.05) is 12.8 Å². The first-order chi connectivity index (χ1) is 8.43. The van der Waals surface area contributed by atoms with Crippen LogP contribution in [0.15, 0.2) is 24.3 Å². The summed E-state index contributed by atoms with van der Waals surface area (Å²) in [4.78, 5) is 12.3. The van der Waals surface area contributed by atoms with Gasteiger partial charge in [-0.05, 0) is 17.7 Å². The van der Waals surface area contributed by atoms with Crippen molar-refractivity contribution < 1.29 is 42.3 Å². The molecule has 0 aromatic heterocycles. The number of anilines is 1. The minimum Gasteiger partial charge on any atom is -0.547 e. The fourth-order valence-electron chi connectivity index (χ4n) is 1.95. The van der Waals surface area contributed by atoms with Crippen LogP contribution in [0.5, 0.6) is 0 Å². The van der Waals surface area contributed by atoms with Gasteiger partial charge in [0.15, 0.2) is 0 Å². The molecule has 0 aliphatic carbocycles. The predicted molar refractivity (Wildman–Crippen MR) is 58.4 cm³/mol. The average molecular weight is 263 g/mol. The number of rotatable bonds is 4. The Bertz CT molecular complexity index is 462. The standard InChI is InChI=1S/C12H13F2NO3.Li/c1-18-10(11(16)17)8-3-2-4-9(5-8)15-6-12(13,14)7-15;/h2-5,10H,6-7H2,1H3,(H,16,17);/q;+1/p-1. The molecule has 1 atom stereocenters. The van der Waals surface area contributed by atoms with Gasteiger partial charge < -0.3 is 19.5 Å². The van der Waals surface area contributed by atoms with Crippen molar-refractivity contribution in [2.75, 3.05) is 25.1 Å². The molecule has 0 bridgehead atoms. The third kappa shape index (κ3) is 3.47. The number of carbonyl (C=O) groups excluding carboxylic acids is 1. The SMILES string of the molecule is COC(C(=O)[O-])c1cccc(N2CC(F)(F)C2)c1.[Li+]. The van der Waals surface area contributed by atoms with E-state index in [2.05, 4.69) is 0 Å². The molecule has 1 aliphatic rings. The topological polar surface area (TPSA) is 52.6 Å². The third-order valence-electron chi connectivity index (χ3n) is 2.83. The van der Waals surface area contributed by atoms with Crippen molar-refractivity contribution in [3.05, 3.63) is 29.8 Å². The molecule has 98 valence electrons. The molecule has 1 aliphatic heterocycles. The Morgan fingerprint density at radius 1 is 1.47 bits per heavy atom. The van der Waals surface area contributed by atoms with E-state index in [1.165, 1.54) is 18.1 Å². The number of methoxy groups -OCH3 is 1. The number of carboxylic acids is 1. The van der Waals surface area contributed by atoms with Gasteiger partial charge in [0.05, 0.1) is 19.1 Å². The number of aliphatic carboxylic acids is 1. The van der Waals surface area contributed by atoms with Crippen molar-refractivity contribution in [1.82, 2.24) is 0 Å². The molecule has 4 nitrogen and oxygen atoms in total. The Kier molecular flexibility index (Phi) is 4.96. The van der Waals surface area contributed by atoms with Crippen LogP contribution in [0, 0.1) is 0 Å². The minimum atomic E-state index is -2.66. The third-order valence-corrected chi connectivity index (χ3v) is 2.83. The van der Waals surface area contributed by atoms with E-state index in [9.17, 15) is 18.7 Å². The second kappa shape index (κ2) is 5.91. The van der Waals surface area contributed by atoms with Gasteiger partial charge >= 0.3 is 18.9 Å². The molecule has 1 heterocycles. The number of hydrogen-bond acceptors (Lipinski definition) is 4. The fraction of sp³-hybridized carbons (Fsp3) is 0.417. The van der Waals surface area contributed by atoms with E-state index in [0.29, 0.717) is 11.3 Å². The molecule has 1 saturated heterocycles. The quantitative estimate of drug-likeness (QED) is 0.568. The molecule has 1 aromatic rings. The van der Waals surface area contributed by atoms with Gasteiger partial charge in [-0.1, -0.05) is 12.1 Å². The number of benzene rings is 1. The van der Waals surface area contributed by atoms with Crippen molar-refractivity contribution in [2.24, 2.45) is 0 Å². The number of carbonyl (C=O) groups is 1. The molecule has 2 rings (SSSR count). The zero-order valence-electron chi connectivity index (χ0n) is 10.7. The number of carboxylic acid groups (broad SMARTS) is 1. The normalized spacial score (nSPS) is 18.2. The summed E-state index contributed by atoms with van der Waals surface area (Å²) in [5.41, 5.74) is 0.937. The minimum absolute atomic E-state index is 0. The van der Waals surface area contributed by atoms with Crippen LogP contribution in [-0.2, 0) is 9.53 Å². The van der Waals surface area contributed by atoms with Crippen LogP contribution >= 0.6 is 0 Å². The molecule has 7 heteroatoms. The Balaban J connectivity index is 0.00000180. The van der Waals surface area contributed by atoms with Gasteiger partial charge in [-0.15, -0.1) is 0 Å². The van der Waals surface area contributed by atoms with Crippen LogP contribution in [0.1, 0.15) is 11.7 Å². The van der Waals surface area contributed by atoms with Gasteiger partial charge in [-0.25, -0.2) is 8.78 Å². The largest absolute Gasteiger partial charge is 1.00 e. The van der Waals surface area contributed by atoms with Crippen LogP contribution in [0.3, 0.4) is 0 Å². The molecular weight excluding hydrogens is 251 g/mol. The van der Waals surface area contributed by atoms with Crippen molar-refractivity contribution in [3.63, 3.8) is 0 Å². The second-order valence-corrected chi connectivity index (χ2v) is 4.24. The smallest absolute Gasteiger partial charge is 0.547 e. The molecule has 1 fully saturated rings. The van der Waals surface area contributed by atoms with Crippen molar-refractivity contribution in [2.45, 2.75) is 12.0 Å². The molecular formula is C12H12F2LiNO3. The monoisotopic (exact) mass is 263 g/mol. The Hall–Kier alpha value is -1.09. The molecule has 1 aromatic carbocycles. The maximum absolute atomic E-state index is 12.8. The van der Waals surface area contributed by atoms with Crippen molar-refractivity contribution >= 4 is 11.7 Å². The van der Waals surface area contributed by atoms with E-state index in [0.717, 1.165) is 0 Å². The first kappa shape index (κ1) is 16.0. The molecule has 19 heavy (non-hydrogen) atoms. The van der Waals surface area contributed by atoms with Crippen LogP contribution in [0.25, 0.3) is 0 Å². The van der Waals surface area contributed by atoms with E-state index in [1.807, 2.05) is 0 Å². The number of halogens is 2. The Morgan fingerprint density at radius 3 is 2.58 bits per heavy atom. The zero-order chi connectivity index (χ0) is 13.3. The van der Waals surface area contributed by atoms with Gasteiger partial charge in [0.1, 0.15) is 6.10 Å². The molecule has 0 spiro atoms. The fourth-order valence-corrected chi connectivity index (χ4v) is 1.95. The van der Waals surface area contributed by atoms with Crippen LogP contribution in [0.4, 0.5) is 14.5 Å². The van der Waals surface area contributed by atoms with E-state index in [4.69, 9.17) is 4.74 Å². The van der Waals surface area contributed by atoms with Crippen LogP contribution < -0.4 is 28.9 Å². The summed E-state index contributed by atoms with van der Waals surface area (Å²) in [6.45, 7) is -0.696. The summed E-state index contributed by atoms with van der Waals surface area (Å²) in [6.07, 6.45) is -1.19. The first-order valence-corrected chi connectivity index (χ1v) is 5.39. The van der Waals surface area contributed by atoms with Gasteiger partial charge in [0.2, 0.25) is 0 Å². The number of ether oxygens (including phenoxy) is 1. The summed E-state index contributed by atoms with van der Waals surface area (Å²) in [5, 5.41) is 10.8. The van der Waals surface area contributed by atoms with E-state index in [1.54, 1.807) is 18.2 Å². The van der Waals surface area contributed by atoms with Crippen LogP contribution in [0.2, 0.25) is 0 Å². The van der Waals surface area contributed by atoms with Crippen LogP contribution in [-0.4, -0.2) is 32.1 Å². The van der Waals surface area contributed by atoms with E-state index in [-0.39, 0.29) is 32.0 Å². The molecule has 0 N–H and O–H groups in total. The zero-order valence-corrected chi connectivity index (χ0v) is 10.7. The molecule has 0 amide bonds. The number of hydrogen-bond donors (Lipinski definition) is 0. The Morgan fingerprint density at radius 2 is 2.11 bits per heavy atom. The van der Waals surface area contributed by atoms with Gasteiger partial charge in [0.25, 0.3) is 5.92 Å². The number of nitrogens with zero attached hydrogens (tertiary/aromatic N) is 1. The maximum Gasteiger partial charge on any atom is 1.00 e. The Labute approximate surface area is 121 Å². The molecule has 1 unspecified atom stereocenters. The molecule has 0 saturated carbocycles. The van der Waals surface area contributed by atoms with E-state index >= 15 is 0 Å². The summed E-state index contributed by atoms with van der Waals surface area (Å²) in [6, 6.07) is 6.35. The second-order valence-electron chi connectivity index (χ2n) is 4.24. The van der Waals surface area contributed by atoms with Gasteiger partial charge in [-0.2, -0.15) is 0 Å². The van der Waals surface area contributed by atoms with E-state index < -0.39 is 18.0 Å². The van der Waals surface area contributed by atoms with Crippen molar-refractivity contribution in [1.29, 1.82) is 0 Å². The average Bonchev–Trinajstić information content (AvgIpc) is 2.26. The predicted octanol–water partition coefficient (Wildman–Crippen LogP) is -2.42. The van der Waals surface area contributed by atoms with Crippen molar-refractivity contribution in [3.8, 4) is 0 Å². The summed E-state index contributed by atoms with van der Waals surface area (Å²) >= 11 is 0. The number of alkyl halides is 2. The summed E-state index contributed by atoms with van der Waals surface area (Å²) in [5.74, 6) is -4.02.